The van der Waals surface area contributed by atoms with Gasteiger partial charge in [-0.3, -0.25) is 0 Å². The maximum atomic E-state index is 13.1. The van der Waals surface area contributed by atoms with Gasteiger partial charge in [-0.25, -0.2) is 18.0 Å². The molecule has 0 aromatic heterocycles. The van der Waals surface area contributed by atoms with Crippen LogP contribution in [0.1, 0.15) is 44.0 Å². The standard InChI is InChI=1S/C24H29NO6S/c1-24(2,3)31-23(27)25-15-13-21(14-16-25)32(28,29)20-11-9-18(10-12-20)17-5-7-19(8-6-17)22(26)30-4/h5-12,21H,13-16H2,1-4H3. The first-order valence-electron chi connectivity index (χ1n) is 10.5. The van der Waals surface area contributed by atoms with Crippen LogP contribution in [0.3, 0.4) is 0 Å². The number of likely N-dealkylation sites (tertiary alicyclic amines) is 1. The Morgan fingerprint density at radius 3 is 1.88 bits per heavy atom. The van der Waals surface area contributed by atoms with E-state index in [1.807, 2.05) is 0 Å². The van der Waals surface area contributed by atoms with Crippen LogP contribution < -0.4 is 0 Å². The average Bonchev–Trinajstić information content (AvgIpc) is 2.77. The van der Waals surface area contributed by atoms with E-state index >= 15 is 0 Å². The smallest absolute Gasteiger partial charge is 0.410 e. The van der Waals surface area contributed by atoms with Gasteiger partial charge in [0.05, 0.1) is 22.8 Å². The third-order valence-corrected chi connectivity index (χ3v) is 7.63. The number of nitrogens with zero attached hydrogens (tertiary/aromatic N) is 1. The van der Waals surface area contributed by atoms with Crippen molar-refractivity contribution in [1.82, 2.24) is 4.90 Å². The number of esters is 1. The van der Waals surface area contributed by atoms with Crippen LogP contribution in [-0.4, -0.2) is 56.4 Å². The summed E-state index contributed by atoms with van der Waals surface area (Å²) in [5, 5.41) is -0.536. The summed E-state index contributed by atoms with van der Waals surface area (Å²) in [5.41, 5.74) is 1.59. The molecule has 172 valence electrons. The molecular weight excluding hydrogens is 430 g/mol. The molecule has 1 saturated heterocycles. The van der Waals surface area contributed by atoms with E-state index in [0.29, 0.717) is 31.5 Å². The summed E-state index contributed by atoms with van der Waals surface area (Å²) in [6.07, 6.45) is 0.340. The molecule has 0 aliphatic carbocycles. The molecule has 0 atom stereocenters. The Kier molecular flexibility index (Phi) is 6.93. The van der Waals surface area contributed by atoms with Crippen molar-refractivity contribution in [1.29, 1.82) is 0 Å². The lowest BCUT2D eigenvalue weighted by Gasteiger charge is -2.33. The normalized spacial score (nSPS) is 15.3. The summed E-state index contributed by atoms with van der Waals surface area (Å²) in [6, 6.07) is 13.7. The average molecular weight is 460 g/mol. The number of ether oxygens (including phenoxy) is 2. The largest absolute Gasteiger partial charge is 0.465 e. The summed E-state index contributed by atoms with van der Waals surface area (Å²) in [5.74, 6) is -0.407. The third kappa shape index (κ3) is 5.48. The minimum Gasteiger partial charge on any atom is -0.465 e. The maximum absolute atomic E-state index is 13.1. The quantitative estimate of drug-likeness (QED) is 0.633. The van der Waals surface area contributed by atoms with Crippen LogP contribution in [0.2, 0.25) is 0 Å². The Balaban J connectivity index is 1.67. The lowest BCUT2D eigenvalue weighted by Crippen LogP contribution is -2.44. The fourth-order valence-corrected chi connectivity index (χ4v) is 5.35. The van der Waals surface area contributed by atoms with Gasteiger partial charge in [0, 0.05) is 13.1 Å². The van der Waals surface area contributed by atoms with Gasteiger partial charge in [-0.2, -0.15) is 0 Å². The molecule has 1 fully saturated rings. The summed E-state index contributed by atoms with van der Waals surface area (Å²) in [4.78, 5) is 25.6. The van der Waals surface area contributed by atoms with Crippen molar-refractivity contribution >= 4 is 21.9 Å². The molecule has 3 rings (SSSR count). The first-order chi connectivity index (χ1) is 15.0. The second kappa shape index (κ2) is 9.32. The topological polar surface area (TPSA) is 90.0 Å². The van der Waals surface area contributed by atoms with Crippen LogP contribution in [-0.2, 0) is 19.3 Å². The molecule has 0 bridgehead atoms. The van der Waals surface area contributed by atoms with Gasteiger partial charge in [-0.05, 0) is 69.0 Å². The summed E-state index contributed by atoms with van der Waals surface area (Å²) >= 11 is 0. The van der Waals surface area contributed by atoms with E-state index in [4.69, 9.17) is 9.47 Å². The van der Waals surface area contributed by atoms with Crippen molar-refractivity contribution in [2.45, 2.75) is 49.4 Å². The van der Waals surface area contributed by atoms with E-state index in [-0.39, 0.29) is 4.90 Å². The fraction of sp³-hybridized carbons (Fsp3) is 0.417. The second-order valence-electron chi connectivity index (χ2n) is 8.81. The number of amides is 1. The van der Waals surface area contributed by atoms with Crippen LogP contribution in [0, 0.1) is 0 Å². The van der Waals surface area contributed by atoms with Gasteiger partial charge in [0.25, 0.3) is 0 Å². The van der Waals surface area contributed by atoms with Crippen LogP contribution in [0.4, 0.5) is 4.79 Å². The zero-order valence-electron chi connectivity index (χ0n) is 18.8. The summed E-state index contributed by atoms with van der Waals surface area (Å²) in [6.45, 7) is 6.12. The van der Waals surface area contributed by atoms with Gasteiger partial charge >= 0.3 is 12.1 Å². The van der Waals surface area contributed by atoms with Crippen molar-refractivity contribution in [3.8, 4) is 11.1 Å². The number of hydrogen-bond acceptors (Lipinski definition) is 6. The Labute approximate surface area is 189 Å². The van der Waals surface area contributed by atoms with Gasteiger partial charge in [-0.1, -0.05) is 24.3 Å². The number of hydrogen-bond donors (Lipinski definition) is 0. The van der Waals surface area contributed by atoms with E-state index < -0.39 is 32.8 Å². The van der Waals surface area contributed by atoms with Crippen LogP contribution in [0.15, 0.2) is 53.4 Å². The predicted molar refractivity (Wildman–Crippen MR) is 121 cm³/mol. The highest BCUT2D eigenvalue weighted by molar-refractivity contribution is 7.92. The lowest BCUT2D eigenvalue weighted by atomic mass is 10.0. The summed E-state index contributed by atoms with van der Waals surface area (Å²) in [7, 11) is -2.18. The highest BCUT2D eigenvalue weighted by Crippen LogP contribution is 2.28. The minimum atomic E-state index is -3.51. The molecule has 1 amide bonds. The number of methoxy groups -OCH3 is 1. The predicted octanol–water partition coefficient (Wildman–Crippen LogP) is 4.31. The third-order valence-electron chi connectivity index (χ3n) is 5.35. The zero-order chi connectivity index (χ0) is 23.5. The molecule has 0 N–H and O–H groups in total. The molecule has 32 heavy (non-hydrogen) atoms. The number of carbonyl (C=O) groups excluding carboxylic acids is 2. The van der Waals surface area contributed by atoms with Crippen molar-refractivity contribution < 1.29 is 27.5 Å². The molecule has 0 spiro atoms. The maximum Gasteiger partial charge on any atom is 0.410 e. The molecule has 2 aromatic rings. The molecule has 1 aliphatic heterocycles. The van der Waals surface area contributed by atoms with Gasteiger partial charge < -0.3 is 14.4 Å². The van der Waals surface area contributed by atoms with E-state index in [0.717, 1.165) is 11.1 Å². The molecule has 1 heterocycles. The Morgan fingerprint density at radius 1 is 0.906 bits per heavy atom. The molecular formula is C24H29NO6S. The van der Waals surface area contributed by atoms with E-state index in [1.165, 1.54) is 7.11 Å². The van der Waals surface area contributed by atoms with E-state index in [2.05, 4.69) is 0 Å². The van der Waals surface area contributed by atoms with E-state index in [9.17, 15) is 18.0 Å². The number of piperidine rings is 1. The van der Waals surface area contributed by atoms with Gasteiger partial charge in [0.1, 0.15) is 5.60 Å². The fourth-order valence-electron chi connectivity index (χ4n) is 3.62. The number of sulfone groups is 1. The highest BCUT2D eigenvalue weighted by atomic mass is 32.2. The van der Waals surface area contributed by atoms with Crippen LogP contribution >= 0.6 is 0 Å². The first-order valence-corrected chi connectivity index (χ1v) is 12.1. The monoisotopic (exact) mass is 459 g/mol. The highest BCUT2D eigenvalue weighted by Gasteiger charge is 2.34. The first kappa shape index (κ1) is 23.8. The molecule has 0 radical (unpaired) electrons. The van der Waals surface area contributed by atoms with Crippen molar-refractivity contribution in [3.05, 3.63) is 54.1 Å². The Morgan fingerprint density at radius 2 is 1.41 bits per heavy atom. The van der Waals surface area contributed by atoms with Gasteiger partial charge in [0.2, 0.25) is 0 Å². The Hall–Kier alpha value is -2.87. The lowest BCUT2D eigenvalue weighted by molar-refractivity contribution is 0.0217. The molecule has 0 saturated carbocycles. The molecule has 2 aromatic carbocycles. The molecule has 7 nitrogen and oxygen atoms in total. The van der Waals surface area contributed by atoms with Crippen molar-refractivity contribution in [3.63, 3.8) is 0 Å². The minimum absolute atomic E-state index is 0.267. The van der Waals surface area contributed by atoms with Crippen LogP contribution in [0.5, 0.6) is 0 Å². The SMILES string of the molecule is COC(=O)c1ccc(-c2ccc(S(=O)(=O)C3CCN(C(=O)OC(C)(C)C)CC3)cc2)cc1. The number of carbonyl (C=O) groups is 2. The van der Waals surface area contributed by atoms with Crippen molar-refractivity contribution in [2.75, 3.05) is 20.2 Å². The molecule has 0 unspecified atom stereocenters. The van der Waals surface area contributed by atoms with Gasteiger partial charge in [-0.15, -0.1) is 0 Å². The van der Waals surface area contributed by atoms with Crippen molar-refractivity contribution in [2.24, 2.45) is 0 Å². The van der Waals surface area contributed by atoms with E-state index in [1.54, 1.807) is 74.2 Å². The molecule has 1 aliphatic rings. The number of benzene rings is 2. The zero-order valence-corrected chi connectivity index (χ0v) is 19.6. The van der Waals surface area contributed by atoms with Crippen LogP contribution in [0.25, 0.3) is 11.1 Å². The molecule has 8 heteroatoms. The summed E-state index contributed by atoms with van der Waals surface area (Å²) < 4.78 is 36.3. The number of rotatable bonds is 4. The Bertz CT molecular complexity index is 1060. The van der Waals surface area contributed by atoms with Gasteiger partial charge in [0.15, 0.2) is 9.84 Å². The second-order valence-corrected chi connectivity index (χ2v) is 11.0.